The van der Waals surface area contributed by atoms with E-state index in [1.54, 1.807) is 11.3 Å². The van der Waals surface area contributed by atoms with E-state index in [9.17, 15) is 0 Å². The van der Waals surface area contributed by atoms with Gasteiger partial charge in [0.25, 0.3) is 0 Å². The fourth-order valence-corrected chi connectivity index (χ4v) is 3.02. The Morgan fingerprint density at radius 3 is 3.00 bits per heavy atom. The van der Waals surface area contributed by atoms with Gasteiger partial charge in [0.1, 0.15) is 5.52 Å². The van der Waals surface area contributed by atoms with E-state index < -0.39 is 0 Å². The van der Waals surface area contributed by atoms with E-state index in [0.717, 1.165) is 15.6 Å². The average molecular weight is 236 g/mol. The number of aryl methyl sites for hydroxylation is 1. The molecule has 0 radical (unpaired) electrons. The van der Waals surface area contributed by atoms with Crippen LogP contribution in [0.15, 0.2) is 18.2 Å². The maximum atomic E-state index is 5.98. The zero-order chi connectivity index (χ0) is 10.4. The van der Waals surface area contributed by atoms with Crippen LogP contribution >= 0.6 is 22.9 Å². The molecule has 0 aliphatic heterocycles. The SMILES string of the molecule is Cc1cccc2sc3c(Cl)nnnc3c12. The van der Waals surface area contributed by atoms with Crippen LogP contribution < -0.4 is 0 Å². The van der Waals surface area contributed by atoms with Crippen LogP contribution in [0.5, 0.6) is 0 Å². The van der Waals surface area contributed by atoms with Crippen molar-refractivity contribution in [2.45, 2.75) is 6.92 Å². The molecule has 3 rings (SSSR count). The minimum atomic E-state index is 0.431. The number of thiophene rings is 1. The minimum Gasteiger partial charge on any atom is -0.130 e. The summed E-state index contributed by atoms with van der Waals surface area (Å²) in [6.45, 7) is 2.06. The number of hydrogen-bond donors (Lipinski definition) is 0. The average Bonchev–Trinajstić information content (AvgIpc) is 2.59. The second-order valence-corrected chi connectivity index (χ2v) is 4.72. The summed E-state index contributed by atoms with van der Waals surface area (Å²) in [6, 6.07) is 6.15. The van der Waals surface area contributed by atoms with Gasteiger partial charge < -0.3 is 0 Å². The van der Waals surface area contributed by atoms with E-state index >= 15 is 0 Å². The Bertz CT molecular complexity index is 662. The third-order valence-electron chi connectivity index (χ3n) is 2.36. The van der Waals surface area contributed by atoms with Gasteiger partial charge in [-0.15, -0.1) is 21.5 Å². The molecule has 15 heavy (non-hydrogen) atoms. The van der Waals surface area contributed by atoms with Crippen molar-refractivity contribution in [1.82, 2.24) is 15.4 Å². The highest BCUT2D eigenvalue weighted by molar-refractivity contribution is 7.26. The summed E-state index contributed by atoms with van der Waals surface area (Å²) in [5, 5.41) is 13.0. The Labute approximate surface area is 94.7 Å². The molecule has 0 saturated heterocycles. The zero-order valence-corrected chi connectivity index (χ0v) is 9.43. The standard InChI is InChI=1S/C10H6ClN3S/c1-5-3-2-4-6-7(5)8-9(15-6)10(11)13-14-12-8/h2-4H,1H3. The van der Waals surface area contributed by atoms with Crippen molar-refractivity contribution in [2.75, 3.05) is 0 Å². The number of aromatic nitrogens is 3. The predicted molar refractivity (Wildman–Crippen MR) is 62.5 cm³/mol. The molecule has 1 aromatic carbocycles. The van der Waals surface area contributed by atoms with Crippen LogP contribution in [-0.2, 0) is 0 Å². The van der Waals surface area contributed by atoms with E-state index in [1.807, 2.05) is 6.07 Å². The van der Waals surface area contributed by atoms with Crippen LogP contribution in [0.3, 0.4) is 0 Å². The highest BCUT2D eigenvalue weighted by Gasteiger charge is 2.11. The van der Waals surface area contributed by atoms with Gasteiger partial charge >= 0.3 is 0 Å². The first kappa shape index (κ1) is 9.00. The van der Waals surface area contributed by atoms with Gasteiger partial charge in [-0.05, 0) is 23.8 Å². The third-order valence-corrected chi connectivity index (χ3v) is 3.89. The predicted octanol–water partition coefficient (Wildman–Crippen LogP) is 3.20. The lowest BCUT2D eigenvalue weighted by atomic mass is 10.1. The first-order valence-electron chi connectivity index (χ1n) is 4.44. The molecule has 0 spiro atoms. The molecular weight excluding hydrogens is 230 g/mol. The molecule has 0 fully saturated rings. The monoisotopic (exact) mass is 235 g/mol. The molecule has 0 unspecified atom stereocenters. The van der Waals surface area contributed by atoms with Crippen LogP contribution in [0.4, 0.5) is 0 Å². The quantitative estimate of drug-likeness (QED) is 0.601. The summed E-state index contributed by atoms with van der Waals surface area (Å²) in [7, 11) is 0. The van der Waals surface area contributed by atoms with E-state index in [4.69, 9.17) is 11.6 Å². The summed E-state index contributed by atoms with van der Waals surface area (Å²) in [6.07, 6.45) is 0. The molecule has 3 aromatic rings. The van der Waals surface area contributed by atoms with Gasteiger partial charge in [-0.1, -0.05) is 23.7 Å². The second-order valence-electron chi connectivity index (χ2n) is 3.31. The Balaban J connectivity index is 2.65. The number of halogens is 1. The number of rotatable bonds is 0. The van der Waals surface area contributed by atoms with Crippen molar-refractivity contribution in [2.24, 2.45) is 0 Å². The van der Waals surface area contributed by atoms with Crippen LogP contribution in [0.25, 0.3) is 20.3 Å². The molecule has 0 amide bonds. The highest BCUT2D eigenvalue weighted by Crippen LogP contribution is 2.36. The fourth-order valence-electron chi connectivity index (χ4n) is 1.69. The molecule has 2 heterocycles. The van der Waals surface area contributed by atoms with Gasteiger partial charge in [0.05, 0.1) is 4.70 Å². The number of fused-ring (bicyclic) bond motifs is 3. The molecule has 74 valence electrons. The molecule has 0 N–H and O–H groups in total. The maximum Gasteiger partial charge on any atom is 0.172 e. The Morgan fingerprint density at radius 1 is 1.27 bits per heavy atom. The maximum absolute atomic E-state index is 5.98. The van der Waals surface area contributed by atoms with Gasteiger partial charge in [-0.3, -0.25) is 0 Å². The summed E-state index contributed by atoms with van der Waals surface area (Å²) < 4.78 is 2.09. The van der Waals surface area contributed by atoms with Crippen molar-refractivity contribution in [3.8, 4) is 0 Å². The lowest BCUT2D eigenvalue weighted by molar-refractivity contribution is 0.900. The molecule has 0 aliphatic rings. The fraction of sp³-hybridized carbons (Fsp3) is 0.100. The Hall–Kier alpha value is -1.26. The van der Waals surface area contributed by atoms with E-state index in [1.165, 1.54) is 10.3 Å². The molecular formula is C10H6ClN3S. The first-order valence-corrected chi connectivity index (χ1v) is 5.63. The Kier molecular flexibility index (Phi) is 1.87. The van der Waals surface area contributed by atoms with Gasteiger partial charge in [-0.2, -0.15) is 0 Å². The number of nitrogens with zero attached hydrogens (tertiary/aromatic N) is 3. The smallest absolute Gasteiger partial charge is 0.130 e. The lowest BCUT2D eigenvalue weighted by Crippen LogP contribution is -1.86. The molecule has 0 aliphatic carbocycles. The van der Waals surface area contributed by atoms with Crippen molar-refractivity contribution in [3.05, 3.63) is 28.9 Å². The van der Waals surface area contributed by atoms with E-state index in [-0.39, 0.29) is 0 Å². The zero-order valence-electron chi connectivity index (χ0n) is 7.86. The second kappa shape index (κ2) is 3.12. The summed E-state index contributed by atoms with van der Waals surface area (Å²) in [5.41, 5.74) is 2.04. The lowest BCUT2D eigenvalue weighted by Gasteiger charge is -1.94. The Morgan fingerprint density at radius 2 is 2.13 bits per heavy atom. The summed E-state index contributed by atoms with van der Waals surface area (Å²) >= 11 is 7.58. The largest absolute Gasteiger partial charge is 0.172 e. The first-order chi connectivity index (χ1) is 7.27. The van der Waals surface area contributed by atoms with Crippen molar-refractivity contribution < 1.29 is 0 Å². The topological polar surface area (TPSA) is 38.7 Å². The van der Waals surface area contributed by atoms with Crippen LogP contribution in [-0.4, -0.2) is 15.4 Å². The van der Waals surface area contributed by atoms with Gasteiger partial charge in [0.15, 0.2) is 5.15 Å². The number of hydrogen-bond acceptors (Lipinski definition) is 4. The van der Waals surface area contributed by atoms with Gasteiger partial charge in [0, 0.05) is 10.1 Å². The molecule has 3 nitrogen and oxygen atoms in total. The van der Waals surface area contributed by atoms with E-state index in [2.05, 4.69) is 34.5 Å². The van der Waals surface area contributed by atoms with Crippen molar-refractivity contribution >= 4 is 43.2 Å². The molecule has 0 bridgehead atoms. The molecule has 0 atom stereocenters. The summed E-state index contributed by atoms with van der Waals surface area (Å²) in [5.74, 6) is 0. The van der Waals surface area contributed by atoms with Crippen LogP contribution in [0.2, 0.25) is 5.15 Å². The third kappa shape index (κ3) is 1.22. The minimum absolute atomic E-state index is 0.431. The van der Waals surface area contributed by atoms with Crippen LogP contribution in [0, 0.1) is 6.92 Å². The van der Waals surface area contributed by atoms with Gasteiger partial charge in [-0.25, -0.2) is 0 Å². The van der Waals surface area contributed by atoms with Crippen LogP contribution in [0.1, 0.15) is 5.56 Å². The van der Waals surface area contributed by atoms with Crippen molar-refractivity contribution in [3.63, 3.8) is 0 Å². The molecule has 0 saturated carbocycles. The van der Waals surface area contributed by atoms with Gasteiger partial charge in [0.2, 0.25) is 0 Å². The highest BCUT2D eigenvalue weighted by atomic mass is 35.5. The normalized spacial score (nSPS) is 11.3. The summed E-state index contributed by atoms with van der Waals surface area (Å²) in [4.78, 5) is 0. The molecule has 2 aromatic heterocycles. The molecule has 5 heteroatoms. The number of benzene rings is 1. The van der Waals surface area contributed by atoms with E-state index in [0.29, 0.717) is 5.15 Å². The van der Waals surface area contributed by atoms with Crippen molar-refractivity contribution in [1.29, 1.82) is 0 Å².